The molecule has 0 aliphatic carbocycles. The van der Waals surface area contributed by atoms with Crippen LogP contribution >= 0.6 is 0 Å². The maximum absolute atomic E-state index is 12.6. The summed E-state index contributed by atoms with van der Waals surface area (Å²) in [5.74, 6) is 0.409. The van der Waals surface area contributed by atoms with Crippen molar-refractivity contribution in [2.24, 2.45) is 0 Å². The Balaban J connectivity index is 1.71. The van der Waals surface area contributed by atoms with E-state index in [-0.39, 0.29) is 5.91 Å². The Morgan fingerprint density at radius 3 is 3.04 bits per heavy atom. The van der Waals surface area contributed by atoms with Gasteiger partial charge in [0.1, 0.15) is 12.4 Å². The van der Waals surface area contributed by atoms with Gasteiger partial charge in [-0.2, -0.15) is 0 Å². The van der Waals surface area contributed by atoms with Gasteiger partial charge in [0.05, 0.1) is 11.7 Å². The Hall–Kier alpha value is -2.67. The monoisotopic (exact) mass is 341 g/mol. The fourth-order valence-corrected chi connectivity index (χ4v) is 2.96. The van der Waals surface area contributed by atoms with Crippen LogP contribution in [0.5, 0.6) is 5.75 Å². The molecule has 2 aromatic rings. The van der Waals surface area contributed by atoms with Crippen molar-refractivity contribution in [2.45, 2.75) is 25.8 Å². The molecule has 1 aromatic heterocycles. The standard InChI is InChI=1S/C18H23N5O2/c1-3-11-25-16-6-4-5-14(12-16)20-18(24)17-13(2)23(22-21-17)15-7-9-19-10-8-15/h3-6,12,15,19H,1,7-11H2,2H3,(H,20,24). The number of hydrogen-bond donors (Lipinski definition) is 2. The highest BCUT2D eigenvalue weighted by atomic mass is 16.5. The van der Waals surface area contributed by atoms with Crippen LogP contribution < -0.4 is 15.4 Å². The lowest BCUT2D eigenvalue weighted by Crippen LogP contribution is -2.30. The summed E-state index contributed by atoms with van der Waals surface area (Å²) in [6.45, 7) is 7.85. The minimum absolute atomic E-state index is 0.265. The second-order valence-corrected chi connectivity index (χ2v) is 6.03. The molecule has 0 atom stereocenters. The highest BCUT2D eigenvalue weighted by Gasteiger charge is 2.23. The van der Waals surface area contributed by atoms with Crippen LogP contribution in [0, 0.1) is 6.92 Å². The molecule has 0 bridgehead atoms. The number of piperidine rings is 1. The van der Waals surface area contributed by atoms with E-state index in [2.05, 4.69) is 27.5 Å². The molecule has 1 aliphatic heterocycles. The number of aromatic nitrogens is 3. The molecule has 1 aromatic carbocycles. The number of benzene rings is 1. The number of rotatable bonds is 6. The van der Waals surface area contributed by atoms with E-state index in [1.54, 1.807) is 12.1 Å². The first-order valence-corrected chi connectivity index (χ1v) is 8.46. The Kier molecular flexibility index (Phi) is 5.45. The fourth-order valence-electron chi connectivity index (χ4n) is 2.96. The highest BCUT2D eigenvalue weighted by molar-refractivity contribution is 6.03. The molecule has 1 saturated heterocycles. The summed E-state index contributed by atoms with van der Waals surface area (Å²) in [7, 11) is 0. The lowest BCUT2D eigenvalue weighted by molar-refractivity contribution is 0.102. The molecular formula is C18H23N5O2. The van der Waals surface area contributed by atoms with Crippen LogP contribution in [0.25, 0.3) is 0 Å². The van der Waals surface area contributed by atoms with Crippen LogP contribution in [0.15, 0.2) is 36.9 Å². The van der Waals surface area contributed by atoms with Crippen molar-refractivity contribution in [1.29, 1.82) is 0 Å². The number of hydrogen-bond acceptors (Lipinski definition) is 5. The Labute approximate surface area is 147 Å². The lowest BCUT2D eigenvalue weighted by atomic mass is 10.1. The topological polar surface area (TPSA) is 81.1 Å². The van der Waals surface area contributed by atoms with Gasteiger partial charge in [-0.15, -0.1) is 5.10 Å². The SMILES string of the molecule is C=CCOc1cccc(NC(=O)c2nnn(C3CCNCC3)c2C)c1. The maximum atomic E-state index is 12.6. The molecular weight excluding hydrogens is 318 g/mol. The zero-order valence-electron chi connectivity index (χ0n) is 14.4. The smallest absolute Gasteiger partial charge is 0.278 e. The van der Waals surface area contributed by atoms with E-state index < -0.39 is 0 Å². The van der Waals surface area contributed by atoms with E-state index in [1.165, 1.54) is 0 Å². The third-order valence-electron chi connectivity index (χ3n) is 4.26. The van der Waals surface area contributed by atoms with Gasteiger partial charge in [-0.25, -0.2) is 4.68 Å². The molecule has 3 rings (SSSR count). The van der Waals surface area contributed by atoms with E-state index in [0.717, 1.165) is 31.6 Å². The summed E-state index contributed by atoms with van der Waals surface area (Å²) in [6.07, 6.45) is 3.66. The molecule has 7 nitrogen and oxygen atoms in total. The molecule has 0 saturated carbocycles. The van der Waals surface area contributed by atoms with E-state index in [9.17, 15) is 4.79 Å². The lowest BCUT2D eigenvalue weighted by Gasteiger charge is -2.23. The summed E-state index contributed by atoms with van der Waals surface area (Å²) in [5, 5.41) is 14.5. The van der Waals surface area contributed by atoms with Crippen molar-refractivity contribution in [2.75, 3.05) is 25.0 Å². The van der Waals surface area contributed by atoms with Gasteiger partial charge in [0.25, 0.3) is 5.91 Å². The van der Waals surface area contributed by atoms with Gasteiger partial charge in [-0.05, 0) is 45.0 Å². The van der Waals surface area contributed by atoms with Crippen LogP contribution in [0.2, 0.25) is 0 Å². The van der Waals surface area contributed by atoms with Crippen molar-refractivity contribution < 1.29 is 9.53 Å². The van der Waals surface area contributed by atoms with Gasteiger partial charge in [0.15, 0.2) is 5.69 Å². The van der Waals surface area contributed by atoms with Gasteiger partial charge in [-0.1, -0.05) is 23.9 Å². The van der Waals surface area contributed by atoms with Crippen molar-refractivity contribution >= 4 is 11.6 Å². The van der Waals surface area contributed by atoms with E-state index in [4.69, 9.17) is 4.74 Å². The van der Waals surface area contributed by atoms with Gasteiger partial charge >= 0.3 is 0 Å². The summed E-state index contributed by atoms with van der Waals surface area (Å²) < 4.78 is 7.36. The average Bonchev–Trinajstić information content (AvgIpc) is 3.02. The predicted octanol–water partition coefficient (Wildman–Crippen LogP) is 2.33. The second kappa shape index (κ2) is 7.94. The molecule has 1 fully saturated rings. The molecule has 2 heterocycles. The largest absolute Gasteiger partial charge is 0.489 e. The number of nitrogens with zero attached hydrogens (tertiary/aromatic N) is 3. The number of ether oxygens (including phenoxy) is 1. The van der Waals surface area contributed by atoms with Crippen molar-refractivity contribution in [3.05, 3.63) is 48.3 Å². The molecule has 2 N–H and O–H groups in total. The molecule has 1 aliphatic rings. The van der Waals surface area contributed by atoms with Gasteiger partial charge in [-0.3, -0.25) is 4.79 Å². The Morgan fingerprint density at radius 1 is 1.48 bits per heavy atom. The molecule has 1 amide bonds. The van der Waals surface area contributed by atoms with Crippen LogP contribution in [0.4, 0.5) is 5.69 Å². The zero-order valence-corrected chi connectivity index (χ0v) is 14.4. The number of carbonyl (C=O) groups is 1. The van der Waals surface area contributed by atoms with Gasteiger partial charge in [0.2, 0.25) is 0 Å². The number of anilines is 1. The summed E-state index contributed by atoms with van der Waals surface area (Å²) in [4.78, 5) is 12.6. The predicted molar refractivity (Wildman–Crippen MR) is 96.0 cm³/mol. The molecule has 0 radical (unpaired) electrons. The minimum Gasteiger partial charge on any atom is -0.489 e. The third kappa shape index (κ3) is 4.06. The zero-order chi connectivity index (χ0) is 17.6. The molecule has 25 heavy (non-hydrogen) atoms. The highest BCUT2D eigenvalue weighted by Crippen LogP contribution is 2.22. The van der Waals surface area contributed by atoms with Crippen molar-refractivity contribution in [1.82, 2.24) is 20.3 Å². The summed E-state index contributed by atoms with van der Waals surface area (Å²) >= 11 is 0. The van der Waals surface area contributed by atoms with Crippen LogP contribution in [-0.2, 0) is 0 Å². The van der Waals surface area contributed by atoms with Crippen LogP contribution in [0.3, 0.4) is 0 Å². The summed E-state index contributed by atoms with van der Waals surface area (Å²) in [5.41, 5.74) is 1.81. The van der Waals surface area contributed by atoms with Crippen molar-refractivity contribution in [3.8, 4) is 5.75 Å². The Morgan fingerprint density at radius 2 is 2.28 bits per heavy atom. The normalized spacial score (nSPS) is 14.9. The average molecular weight is 341 g/mol. The molecule has 0 unspecified atom stereocenters. The van der Waals surface area contributed by atoms with E-state index >= 15 is 0 Å². The summed E-state index contributed by atoms with van der Waals surface area (Å²) in [6, 6.07) is 7.54. The van der Waals surface area contributed by atoms with Gasteiger partial charge in [0, 0.05) is 11.8 Å². The molecule has 7 heteroatoms. The number of amides is 1. The van der Waals surface area contributed by atoms with Crippen LogP contribution in [0.1, 0.15) is 35.1 Å². The van der Waals surface area contributed by atoms with E-state index in [0.29, 0.717) is 29.8 Å². The maximum Gasteiger partial charge on any atom is 0.278 e. The minimum atomic E-state index is -0.265. The quantitative estimate of drug-likeness (QED) is 0.788. The first-order valence-electron chi connectivity index (χ1n) is 8.46. The first kappa shape index (κ1) is 17.2. The third-order valence-corrected chi connectivity index (χ3v) is 4.26. The van der Waals surface area contributed by atoms with Crippen molar-refractivity contribution in [3.63, 3.8) is 0 Å². The molecule has 132 valence electrons. The first-order chi connectivity index (χ1) is 12.2. The number of nitrogens with one attached hydrogen (secondary N) is 2. The number of carbonyl (C=O) groups excluding carboxylic acids is 1. The van der Waals surface area contributed by atoms with Gasteiger partial charge < -0.3 is 15.4 Å². The second-order valence-electron chi connectivity index (χ2n) is 6.03. The molecule has 0 spiro atoms. The fraction of sp³-hybridized carbons (Fsp3) is 0.389. The van der Waals surface area contributed by atoms with E-state index in [1.807, 2.05) is 29.8 Å². The van der Waals surface area contributed by atoms with Crippen LogP contribution in [-0.4, -0.2) is 40.6 Å². The Bertz CT molecular complexity index is 750.